The molecule has 0 aromatic carbocycles. The van der Waals surface area contributed by atoms with Gasteiger partial charge in [-0.3, -0.25) is 4.79 Å². The summed E-state index contributed by atoms with van der Waals surface area (Å²) in [5, 5.41) is 4.43. The molecule has 122 valence electrons. The number of nitrogens with one attached hydrogen (secondary N) is 1. The first-order valence-corrected chi connectivity index (χ1v) is 9.85. The van der Waals surface area contributed by atoms with Gasteiger partial charge in [-0.1, -0.05) is 6.92 Å². The van der Waals surface area contributed by atoms with Gasteiger partial charge in [0, 0.05) is 74.6 Å². The summed E-state index contributed by atoms with van der Waals surface area (Å²) in [4.78, 5) is 21.2. The van der Waals surface area contributed by atoms with Gasteiger partial charge in [0.15, 0.2) is 0 Å². The number of carbonyl (C=O) groups excluding carboxylic acids is 1. The van der Waals surface area contributed by atoms with Crippen molar-refractivity contribution in [3.05, 3.63) is 5.82 Å². The van der Waals surface area contributed by atoms with Gasteiger partial charge in [0.1, 0.15) is 5.82 Å². The zero-order valence-electron chi connectivity index (χ0n) is 13.0. The van der Waals surface area contributed by atoms with E-state index in [-0.39, 0.29) is 5.91 Å². The normalized spacial score (nSPS) is 22.9. The van der Waals surface area contributed by atoms with Crippen molar-refractivity contribution in [1.82, 2.24) is 19.6 Å². The smallest absolute Gasteiger partial charge is 0.224 e. The number of carbonyl (C=O) groups is 1. The second kappa shape index (κ2) is 7.61. The Bertz CT molecular complexity index is 495. The molecule has 1 amide bonds. The van der Waals surface area contributed by atoms with Gasteiger partial charge >= 0.3 is 0 Å². The van der Waals surface area contributed by atoms with E-state index in [9.17, 15) is 4.79 Å². The fourth-order valence-electron chi connectivity index (χ4n) is 2.75. The Hall–Kier alpha value is -0.860. The number of anilines is 1. The average molecular weight is 342 g/mol. The first-order valence-electron chi connectivity index (χ1n) is 7.92. The fourth-order valence-corrected chi connectivity index (χ4v) is 4.50. The van der Waals surface area contributed by atoms with Crippen LogP contribution in [0, 0.1) is 0 Å². The van der Waals surface area contributed by atoms with Crippen LogP contribution in [0.3, 0.4) is 0 Å². The molecule has 2 aliphatic heterocycles. The van der Waals surface area contributed by atoms with Crippen LogP contribution in [-0.4, -0.2) is 70.4 Å². The summed E-state index contributed by atoms with van der Waals surface area (Å²) in [5.41, 5.74) is 0. The maximum absolute atomic E-state index is 12.4. The van der Waals surface area contributed by atoms with E-state index < -0.39 is 0 Å². The van der Waals surface area contributed by atoms with Crippen LogP contribution in [0.1, 0.15) is 19.2 Å². The monoisotopic (exact) mass is 341 g/mol. The SMILES string of the molecule is CCc1nsc(N2CCN(C(=O)CC3CSCCN3)CC2)n1. The van der Waals surface area contributed by atoms with E-state index >= 15 is 0 Å². The molecule has 1 unspecified atom stereocenters. The standard InChI is InChI=1S/C14H23N5OS2/c1-2-12-16-14(22-17-12)19-6-4-18(5-7-19)13(20)9-11-10-21-8-3-15-11/h11,15H,2-10H2,1H3. The number of aryl methyl sites for hydroxylation is 1. The molecule has 1 aromatic rings. The molecule has 6 nitrogen and oxygen atoms in total. The van der Waals surface area contributed by atoms with Gasteiger partial charge in [0.25, 0.3) is 0 Å². The lowest BCUT2D eigenvalue weighted by molar-refractivity contribution is -0.131. The molecular formula is C14H23N5OS2. The van der Waals surface area contributed by atoms with Crippen molar-refractivity contribution in [3.8, 4) is 0 Å². The van der Waals surface area contributed by atoms with Gasteiger partial charge in [-0.25, -0.2) is 4.98 Å². The van der Waals surface area contributed by atoms with Crippen molar-refractivity contribution in [2.75, 3.05) is 49.1 Å². The minimum Gasteiger partial charge on any atom is -0.343 e. The average Bonchev–Trinajstić information content (AvgIpc) is 3.05. The van der Waals surface area contributed by atoms with E-state index in [1.807, 2.05) is 16.7 Å². The number of piperazine rings is 1. The van der Waals surface area contributed by atoms with Crippen LogP contribution in [0.15, 0.2) is 0 Å². The molecule has 1 atom stereocenters. The van der Waals surface area contributed by atoms with Gasteiger partial charge < -0.3 is 15.1 Å². The maximum Gasteiger partial charge on any atom is 0.224 e. The van der Waals surface area contributed by atoms with Crippen LogP contribution >= 0.6 is 23.3 Å². The van der Waals surface area contributed by atoms with Gasteiger partial charge in [-0.05, 0) is 0 Å². The number of thioether (sulfide) groups is 1. The maximum atomic E-state index is 12.4. The fraction of sp³-hybridized carbons (Fsp3) is 0.786. The van der Waals surface area contributed by atoms with Crippen molar-refractivity contribution in [3.63, 3.8) is 0 Å². The van der Waals surface area contributed by atoms with Crippen LogP contribution in [0.25, 0.3) is 0 Å². The van der Waals surface area contributed by atoms with Crippen LogP contribution < -0.4 is 10.2 Å². The molecular weight excluding hydrogens is 318 g/mol. The minimum atomic E-state index is 0.283. The summed E-state index contributed by atoms with van der Waals surface area (Å²) in [6.07, 6.45) is 1.51. The second-order valence-electron chi connectivity index (χ2n) is 5.64. The highest BCUT2D eigenvalue weighted by molar-refractivity contribution is 7.99. The highest BCUT2D eigenvalue weighted by Gasteiger charge is 2.25. The summed E-state index contributed by atoms with van der Waals surface area (Å²) in [5.74, 6) is 3.41. The van der Waals surface area contributed by atoms with E-state index in [0.29, 0.717) is 12.5 Å². The molecule has 1 aromatic heterocycles. The van der Waals surface area contributed by atoms with Crippen molar-refractivity contribution >= 4 is 34.3 Å². The number of hydrogen-bond donors (Lipinski definition) is 1. The Balaban J connectivity index is 1.47. The van der Waals surface area contributed by atoms with Crippen LogP contribution in [0.4, 0.5) is 5.13 Å². The second-order valence-corrected chi connectivity index (χ2v) is 7.52. The predicted octanol–water partition coefficient (Wildman–Crippen LogP) is 0.844. The lowest BCUT2D eigenvalue weighted by Gasteiger charge is -2.35. The molecule has 2 fully saturated rings. The predicted molar refractivity (Wildman–Crippen MR) is 91.8 cm³/mol. The van der Waals surface area contributed by atoms with Gasteiger partial charge in [0.2, 0.25) is 11.0 Å². The van der Waals surface area contributed by atoms with Gasteiger partial charge in [-0.15, -0.1) is 0 Å². The molecule has 8 heteroatoms. The number of aromatic nitrogens is 2. The minimum absolute atomic E-state index is 0.283. The van der Waals surface area contributed by atoms with Gasteiger partial charge in [0.05, 0.1) is 0 Å². The van der Waals surface area contributed by atoms with Crippen molar-refractivity contribution < 1.29 is 4.79 Å². The number of rotatable bonds is 4. The Morgan fingerprint density at radius 2 is 2.18 bits per heavy atom. The molecule has 0 bridgehead atoms. The number of amides is 1. The third kappa shape index (κ3) is 3.91. The molecule has 22 heavy (non-hydrogen) atoms. The highest BCUT2D eigenvalue weighted by atomic mass is 32.2. The number of hydrogen-bond acceptors (Lipinski definition) is 7. The van der Waals surface area contributed by atoms with E-state index in [4.69, 9.17) is 0 Å². The van der Waals surface area contributed by atoms with Crippen LogP contribution in [0.2, 0.25) is 0 Å². The Kier molecular flexibility index (Phi) is 5.54. The third-order valence-corrected chi connectivity index (χ3v) is 6.04. The molecule has 0 aliphatic carbocycles. The van der Waals surface area contributed by atoms with E-state index in [1.165, 1.54) is 11.5 Å². The summed E-state index contributed by atoms with van der Waals surface area (Å²) >= 11 is 3.41. The molecule has 0 saturated carbocycles. The Morgan fingerprint density at radius 3 is 2.82 bits per heavy atom. The molecule has 3 heterocycles. The first-order chi connectivity index (χ1) is 10.8. The quantitative estimate of drug-likeness (QED) is 0.876. The number of nitrogens with zero attached hydrogens (tertiary/aromatic N) is 4. The topological polar surface area (TPSA) is 61.4 Å². The largest absolute Gasteiger partial charge is 0.343 e. The highest BCUT2D eigenvalue weighted by Crippen LogP contribution is 2.20. The van der Waals surface area contributed by atoms with E-state index in [0.717, 1.165) is 61.6 Å². The molecule has 3 rings (SSSR count). The van der Waals surface area contributed by atoms with Crippen molar-refractivity contribution in [2.24, 2.45) is 0 Å². The van der Waals surface area contributed by atoms with Crippen LogP contribution in [0.5, 0.6) is 0 Å². The first kappa shape index (κ1) is 16.0. The van der Waals surface area contributed by atoms with Gasteiger partial charge in [-0.2, -0.15) is 16.1 Å². The zero-order valence-corrected chi connectivity index (χ0v) is 14.6. The summed E-state index contributed by atoms with van der Waals surface area (Å²) in [6, 6.07) is 0.347. The van der Waals surface area contributed by atoms with Crippen molar-refractivity contribution in [2.45, 2.75) is 25.8 Å². The third-order valence-electron chi connectivity index (χ3n) is 4.10. The van der Waals surface area contributed by atoms with E-state index in [1.54, 1.807) is 0 Å². The summed E-state index contributed by atoms with van der Waals surface area (Å²) in [7, 11) is 0. The Morgan fingerprint density at radius 1 is 1.36 bits per heavy atom. The molecule has 2 aliphatic rings. The molecule has 1 N–H and O–H groups in total. The molecule has 2 saturated heterocycles. The molecule has 0 radical (unpaired) electrons. The van der Waals surface area contributed by atoms with E-state index in [2.05, 4.69) is 26.5 Å². The summed E-state index contributed by atoms with van der Waals surface area (Å²) in [6.45, 7) is 6.39. The molecule has 0 spiro atoms. The lowest BCUT2D eigenvalue weighted by atomic mass is 10.2. The van der Waals surface area contributed by atoms with Crippen LogP contribution in [-0.2, 0) is 11.2 Å². The zero-order chi connectivity index (χ0) is 15.4. The Labute approximate surface area is 139 Å². The summed E-state index contributed by atoms with van der Waals surface area (Å²) < 4.78 is 4.34. The van der Waals surface area contributed by atoms with Crippen molar-refractivity contribution in [1.29, 1.82) is 0 Å². The lowest BCUT2D eigenvalue weighted by Crippen LogP contribution is -2.50.